The van der Waals surface area contributed by atoms with Crippen molar-refractivity contribution in [1.82, 2.24) is 0 Å². The third-order valence-electron chi connectivity index (χ3n) is 4.80. The summed E-state index contributed by atoms with van der Waals surface area (Å²) in [4.78, 5) is 13.8. The number of carboxylic acids is 1. The van der Waals surface area contributed by atoms with E-state index in [1.165, 1.54) is 32.1 Å². The highest BCUT2D eigenvalue weighted by molar-refractivity contribution is 5.95. The molecular formula is C16H22N2O2. The van der Waals surface area contributed by atoms with Crippen LogP contribution in [0.4, 0.5) is 11.4 Å². The summed E-state index contributed by atoms with van der Waals surface area (Å²) in [6.45, 7) is 0.949. The van der Waals surface area contributed by atoms with Crippen molar-refractivity contribution in [2.24, 2.45) is 5.92 Å². The fourth-order valence-corrected chi connectivity index (χ4v) is 3.89. The summed E-state index contributed by atoms with van der Waals surface area (Å²) < 4.78 is 0. The highest BCUT2D eigenvalue weighted by Crippen LogP contribution is 2.39. The van der Waals surface area contributed by atoms with E-state index in [4.69, 9.17) is 5.73 Å². The van der Waals surface area contributed by atoms with E-state index in [1.807, 2.05) is 6.07 Å². The van der Waals surface area contributed by atoms with Crippen LogP contribution in [0.1, 0.15) is 48.9 Å². The second-order valence-corrected chi connectivity index (χ2v) is 6.03. The Morgan fingerprint density at radius 1 is 1.20 bits per heavy atom. The molecule has 1 atom stereocenters. The topological polar surface area (TPSA) is 66.6 Å². The van der Waals surface area contributed by atoms with Gasteiger partial charge in [-0.1, -0.05) is 12.8 Å². The zero-order chi connectivity index (χ0) is 14.1. The molecule has 1 aliphatic heterocycles. The molecule has 2 aliphatic rings. The number of carboxylic acid groups (broad SMARTS) is 1. The van der Waals surface area contributed by atoms with Gasteiger partial charge in [-0.15, -0.1) is 0 Å². The molecule has 0 bridgehead atoms. The average molecular weight is 274 g/mol. The Hall–Kier alpha value is -1.71. The lowest BCUT2D eigenvalue weighted by Crippen LogP contribution is -2.35. The Balaban J connectivity index is 1.94. The summed E-state index contributed by atoms with van der Waals surface area (Å²) in [6, 6.07) is 5.64. The van der Waals surface area contributed by atoms with Crippen LogP contribution in [-0.4, -0.2) is 23.7 Å². The monoisotopic (exact) mass is 274 g/mol. The van der Waals surface area contributed by atoms with Crippen LogP contribution in [0, 0.1) is 5.92 Å². The Morgan fingerprint density at radius 3 is 2.65 bits per heavy atom. The molecule has 1 aliphatic carbocycles. The second kappa shape index (κ2) is 5.35. The van der Waals surface area contributed by atoms with Crippen molar-refractivity contribution in [2.75, 3.05) is 17.2 Å². The largest absolute Gasteiger partial charge is 0.478 e. The van der Waals surface area contributed by atoms with Gasteiger partial charge in [-0.2, -0.15) is 0 Å². The van der Waals surface area contributed by atoms with Crippen LogP contribution in [0.5, 0.6) is 0 Å². The SMILES string of the molecule is Nc1ccc(C(=O)O)c(N2CCCC2C2CCCC2)c1. The van der Waals surface area contributed by atoms with Gasteiger partial charge in [0.15, 0.2) is 0 Å². The maximum Gasteiger partial charge on any atom is 0.337 e. The molecule has 20 heavy (non-hydrogen) atoms. The molecule has 1 aromatic carbocycles. The van der Waals surface area contributed by atoms with Crippen molar-refractivity contribution < 1.29 is 9.90 Å². The molecule has 0 spiro atoms. The molecule has 0 amide bonds. The van der Waals surface area contributed by atoms with E-state index in [9.17, 15) is 9.90 Å². The summed E-state index contributed by atoms with van der Waals surface area (Å²) in [5, 5.41) is 9.40. The number of nitrogen functional groups attached to an aromatic ring is 1. The van der Waals surface area contributed by atoms with Gasteiger partial charge in [-0.25, -0.2) is 4.79 Å². The summed E-state index contributed by atoms with van der Waals surface area (Å²) in [7, 11) is 0. The summed E-state index contributed by atoms with van der Waals surface area (Å²) >= 11 is 0. The van der Waals surface area contributed by atoms with Crippen LogP contribution in [0.2, 0.25) is 0 Å². The van der Waals surface area contributed by atoms with Crippen molar-refractivity contribution >= 4 is 17.3 Å². The Bertz CT molecular complexity index is 509. The van der Waals surface area contributed by atoms with E-state index in [2.05, 4.69) is 4.90 Å². The van der Waals surface area contributed by atoms with Gasteiger partial charge in [0, 0.05) is 18.3 Å². The number of benzene rings is 1. The van der Waals surface area contributed by atoms with Gasteiger partial charge < -0.3 is 15.7 Å². The first kappa shape index (κ1) is 13.3. The van der Waals surface area contributed by atoms with E-state index in [0.29, 0.717) is 17.3 Å². The molecule has 1 saturated heterocycles. The lowest BCUT2D eigenvalue weighted by atomic mass is 9.95. The van der Waals surface area contributed by atoms with Gasteiger partial charge in [-0.05, 0) is 49.8 Å². The van der Waals surface area contributed by atoms with Crippen molar-refractivity contribution in [1.29, 1.82) is 0 Å². The molecule has 3 rings (SSSR count). The Morgan fingerprint density at radius 2 is 1.95 bits per heavy atom. The minimum atomic E-state index is -0.864. The molecule has 108 valence electrons. The minimum Gasteiger partial charge on any atom is -0.478 e. The Labute approximate surface area is 119 Å². The number of rotatable bonds is 3. The standard InChI is InChI=1S/C16H22N2O2/c17-12-7-8-13(16(19)20)15(10-12)18-9-3-6-14(18)11-4-1-2-5-11/h7-8,10-11,14H,1-6,9,17H2,(H,19,20). The van der Waals surface area contributed by atoms with Crippen LogP contribution < -0.4 is 10.6 Å². The first-order valence-electron chi connectivity index (χ1n) is 7.56. The van der Waals surface area contributed by atoms with Gasteiger partial charge in [0.05, 0.1) is 11.3 Å². The molecule has 4 heteroatoms. The van der Waals surface area contributed by atoms with Crippen molar-refractivity contribution in [3.05, 3.63) is 23.8 Å². The number of nitrogens with two attached hydrogens (primary N) is 1. The molecule has 1 heterocycles. The first-order valence-corrected chi connectivity index (χ1v) is 7.56. The molecular weight excluding hydrogens is 252 g/mol. The van der Waals surface area contributed by atoms with E-state index in [-0.39, 0.29) is 0 Å². The van der Waals surface area contributed by atoms with Crippen LogP contribution >= 0.6 is 0 Å². The highest BCUT2D eigenvalue weighted by Gasteiger charge is 2.34. The number of anilines is 2. The van der Waals surface area contributed by atoms with Gasteiger partial charge in [0.25, 0.3) is 0 Å². The number of nitrogens with zero attached hydrogens (tertiary/aromatic N) is 1. The number of aromatic carboxylic acids is 1. The van der Waals surface area contributed by atoms with Crippen LogP contribution in [0.3, 0.4) is 0 Å². The molecule has 2 fully saturated rings. The Kier molecular flexibility index (Phi) is 3.55. The van der Waals surface area contributed by atoms with Crippen LogP contribution in [0.25, 0.3) is 0 Å². The second-order valence-electron chi connectivity index (χ2n) is 6.03. The predicted octanol–water partition coefficient (Wildman–Crippen LogP) is 3.13. The normalized spacial score (nSPS) is 23.4. The molecule has 0 radical (unpaired) electrons. The smallest absolute Gasteiger partial charge is 0.337 e. The van der Waals surface area contributed by atoms with E-state index >= 15 is 0 Å². The molecule has 1 saturated carbocycles. The number of carbonyl (C=O) groups is 1. The minimum absolute atomic E-state index is 0.379. The summed E-state index contributed by atoms with van der Waals surface area (Å²) in [5.41, 5.74) is 7.71. The first-order chi connectivity index (χ1) is 9.66. The van der Waals surface area contributed by atoms with E-state index in [0.717, 1.165) is 24.6 Å². The zero-order valence-corrected chi connectivity index (χ0v) is 11.7. The highest BCUT2D eigenvalue weighted by atomic mass is 16.4. The zero-order valence-electron chi connectivity index (χ0n) is 11.7. The molecule has 4 nitrogen and oxygen atoms in total. The van der Waals surface area contributed by atoms with Crippen LogP contribution in [0.15, 0.2) is 18.2 Å². The molecule has 1 aromatic rings. The van der Waals surface area contributed by atoms with Crippen molar-refractivity contribution in [2.45, 2.75) is 44.6 Å². The average Bonchev–Trinajstić information content (AvgIpc) is 3.09. The van der Waals surface area contributed by atoms with Gasteiger partial charge in [-0.3, -0.25) is 0 Å². The number of hydrogen-bond donors (Lipinski definition) is 2. The fourth-order valence-electron chi connectivity index (χ4n) is 3.89. The van der Waals surface area contributed by atoms with Crippen molar-refractivity contribution in [3.8, 4) is 0 Å². The van der Waals surface area contributed by atoms with Gasteiger partial charge in [0.2, 0.25) is 0 Å². The molecule has 1 unspecified atom stereocenters. The lowest BCUT2D eigenvalue weighted by molar-refractivity contribution is 0.0697. The van der Waals surface area contributed by atoms with Gasteiger partial charge >= 0.3 is 5.97 Å². The van der Waals surface area contributed by atoms with Gasteiger partial charge in [0.1, 0.15) is 0 Å². The lowest BCUT2D eigenvalue weighted by Gasteiger charge is -2.32. The summed E-state index contributed by atoms with van der Waals surface area (Å²) in [6.07, 6.45) is 7.53. The quantitative estimate of drug-likeness (QED) is 0.831. The molecule has 0 aromatic heterocycles. The third-order valence-corrected chi connectivity index (χ3v) is 4.80. The number of hydrogen-bond acceptors (Lipinski definition) is 3. The van der Waals surface area contributed by atoms with Crippen LogP contribution in [-0.2, 0) is 0 Å². The summed E-state index contributed by atoms with van der Waals surface area (Å²) in [5.74, 6) is -0.141. The third kappa shape index (κ3) is 2.35. The van der Waals surface area contributed by atoms with E-state index in [1.54, 1.807) is 12.1 Å². The maximum absolute atomic E-state index is 11.5. The maximum atomic E-state index is 11.5. The van der Waals surface area contributed by atoms with Crippen molar-refractivity contribution in [3.63, 3.8) is 0 Å². The van der Waals surface area contributed by atoms with E-state index < -0.39 is 5.97 Å². The fraction of sp³-hybridized carbons (Fsp3) is 0.562. The molecule has 3 N–H and O–H groups in total. The predicted molar refractivity (Wildman–Crippen MR) is 80.1 cm³/mol.